The molecule has 0 bridgehead atoms. The molecule has 152 valence electrons. The fourth-order valence-electron chi connectivity index (χ4n) is 4.25. The number of para-hydroxylation sites is 1. The maximum absolute atomic E-state index is 13.0. The molecule has 1 aromatic heterocycles. The molecule has 0 saturated heterocycles. The number of allylic oxidation sites excluding steroid dienone is 2. The van der Waals surface area contributed by atoms with E-state index in [0.29, 0.717) is 5.69 Å². The van der Waals surface area contributed by atoms with Crippen LogP contribution in [-0.4, -0.2) is 34.4 Å². The van der Waals surface area contributed by atoms with Crippen LogP contribution in [0.3, 0.4) is 0 Å². The maximum Gasteiger partial charge on any atom is 0.272 e. The zero-order valence-electron chi connectivity index (χ0n) is 17.2. The van der Waals surface area contributed by atoms with Crippen LogP contribution >= 0.6 is 0 Å². The highest BCUT2D eigenvalue weighted by molar-refractivity contribution is 7.91. The van der Waals surface area contributed by atoms with Gasteiger partial charge in [-0.25, -0.2) is 8.42 Å². The molecule has 7 heteroatoms. The Morgan fingerprint density at radius 2 is 1.93 bits per heavy atom. The standard InChI is InChI=1S/C21H30N4O2S/c1-16(12-13-19-17(2)9-8-14-21(19,3)4)15-28(26,27)20-22-23-24-25(20)18-10-6-5-7-11-18/h5-7,10-11,16H,8-9,12-15H2,1-4H3. The van der Waals surface area contributed by atoms with Gasteiger partial charge in [-0.15, -0.1) is 0 Å². The fourth-order valence-corrected chi connectivity index (χ4v) is 5.89. The van der Waals surface area contributed by atoms with Gasteiger partial charge in [-0.3, -0.25) is 0 Å². The van der Waals surface area contributed by atoms with E-state index in [0.717, 1.165) is 19.3 Å². The van der Waals surface area contributed by atoms with Crippen LogP contribution in [0.15, 0.2) is 46.6 Å². The number of aromatic nitrogens is 4. The molecule has 0 amide bonds. The summed E-state index contributed by atoms with van der Waals surface area (Å²) in [5.41, 5.74) is 3.86. The molecular weight excluding hydrogens is 372 g/mol. The van der Waals surface area contributed by atoms with E-state index in [9.17, 15) is 8.42 Å². The third kappa shape index (κ3) is 4.51. The Bertz CT molecular complexity index is 946. The van der Waals surface area contributed by atoms with E-state index >= 15 is 0 Å². The lowest BCUT2D eigenvalue weighted by Gasteiger charge is -2.35. The van der Waals surface area contributed by atoms with Crippen molar-refractivity contribution in [2.45, 2.75) is 65.0 Å². The number of tetrazole rings is 1. The van der Waals surface area contributed by atoms with Crippen molar-refractivity contribution >= 4 is 9.84 Å². The average Bonchev–Trinajstić information content (AvgIpc) is 3.12. The molecule has 1 unspecified atom stereocenters. The van der Waals surface area contributed by atoms with Gasteiger partial charge in [-0.2, -0.15) is 4.68 Å². The molecule has 1 heterocycles. The van der Waals surface area contributed by atoms with Gasteiger partial charge in [0.1, 0.15) is 0 Å². The number of sulfone groups is 1. The molecule has 1 aromatic carbocycles. The molecule has 0 aliphatic heterocycles. The molecule has 0 spiro atoms. The first-order chi connectivity index (χ1) is 13.2. The lowest BCUT2D eigenvalue weighted by atomic mass is 9.71. The lowest BCUT2D eigenvalue weighted by Crippen LogP contribution is -2.22. The summed E-state index contributed by atoms with van der Waals surface area (Å²) in [7, 11) is -3.58. The average molecular weight is 403 g/mol. The largest absolute Gasteiger partial charge is 0.272 e. The van der Waals surface area contributed by atoms with Crippen molar-refractivity contribution in [1.29, 1.82) is 0 Å². The van der Waals surface area contributed by atoms with Crippen LogP contribution in [0.25, 0.3) is 5.69 Å². The van der Waals surface area contributed by atoms with Gasteiger partial charge < -0.3 is 0 Å². The number of hydrogen-bond donors (Lipinski definition) is 0. The Morgan fingerprint density at radius 1 is 1.21 bits per heavy atom. The summed E-state index contributed by atoms with van der Waals surface area (Å²) in [6.07, 6.45) is 5.42. The Kier molecular flexibility index (Phi) is 6.03. The second-order valence-corrected chi connectivity index (χ2v) is 10.6. The SMILES string of the molecule is CC1=C(CCC(C)CS(=O)(=O)c2nnnn2-c2ccccc2)C(C)(C)CCC1. The molecular formula is C21H30N4O2S. The lowest BCUT2D eigenvalue weighted by molar-refractivity contribution is 0.346. The number of benzene rings is 1. The van der Waals surface area contributed by atoms with Gasteiger partial charge in [0.2, 0.25) is 9.84 Å². The van der Waals surface area contributed by atoms with Crippen LogP contribution < -0.4 is 0 Å². The van der Waals surface area contributed by atoms with Gasteiger partial charge in [0.25, 0.3) is 5.16 Å². The summed E-state index contributed by atoms with van der Waals surface area (Å²) in [4.78, 5) is 0. The van der Waals surface area contributed by atoms with E-state index in [1.165, 1.54) is 28.7 Å². The van der Waals surface area contributed by atoms with Gasteiger partial charge in [0.15, 0.2) is 0 Å². The highest BCUT2D eigenvalue weighted by atomic mass is 32.2. The highest BCUT2D eigenvalue weighted by Crippen LogP contribution is 2.42. The zero-order chi connectivity index (χ0) is 20.4. The minimum Gasteiger partial charge on any atom is -0.220 e. The molecule has 2 aromatic rings. The van der Waals surface area contributed by atoms with Crippen molar-refractivity contribution < 1.29 is 8.42 Å². The van der Waals surface area contributed by atoms with Crippen molar-refractivity contribution in [2.24, 2.45) is 11.3 Å². The van der Waals surface area contributed by atoms with Crippen LogP contribution in [0.5, 0.6) is 0 Å². The molecule has 3 rings (SSSR count). The third-order valence-corrected chi connectivity index (χ3v) is 7.62. The third-order valence-electron chi connectivity index (χ3n) is 5.80. The minimum absolute atomic E-state index is 0.0314. The molecule has 0 N–H and O–H groups in total. The Morgan fingerprint density at radius 3 is 2.61 bits per heavy atom. The van der Waals surface area contributed by atoms with Crippen LogP contribution in [-0.2, 0) is 9.84 Å². The van der Waals surface area contributed by atoms with E-state index in [2.05, 4.69) is 36.3 Å². The summed E-state index contributed by atoms with van der Waals surface area (Å²) >= 11 is 0. The van der Waals surface area contributed by atoms with E-state index in [4.69, 9.17) is 0 Å². The fraction of sp³-hybridized carbons (Fsp3) is 0.571. The molecule has 0 saturated carbocycles. The molecule has 28 heavy (non-hydrogen) atoms. The van der Waals surface area contributed by atoms with Crippen LogP contribution in [0.1, 0.15) is 59.8 Å². The van der Waals surface area contributed by atoms with Gasteiger partial charge >= 0.3 is 0 Å². The predicted molar refractivity (Wildman–Crippen MR) is 110 cm³/mol. The predicted octanol–water partition coefficient (Wildman–Crippen LogP) is 4.38. The van der Waals surface area contributed by atoms with Gasteiger partial charge in [-0.05, 0) is 72.9 Å². The summed E-state index contributed by atoms with van der Waals surface area (Å²) in [5.74, 6) is 0.0800. The molecule has 1 atom stereocenters. The summed E-state index contributed by atoms with van der Waals surface area (Å²) in [5, 5.41) is 11.2. The topological polar surface area (TPSA) is 77.7 Å². The molecule has 1 aliphatic carbocycles. The molecule has 1 aliphatic rings. The van der Waals surface area contributed by atoms with Gasteiger partial charge in [0, 0.05) is 0 Å². The van der Waals surface area contributed by atoms with Crippen molar-refractivity contribution in [3.05, 3.63) is 41.5 Å². The second kappa shape index (κ2) is 8.15. The second-order valence-electron chi connectivity index (χ2n) is 8.63. The van der Waals surface area contributed by atoms with Crippen LogP contribution in [0.2, 0.25) is 0 Å². The van der Waals surface area contributed by atoms with Crippen molar-refractivity contribution in [3.63, 3.8) is 0 Å². The van der Waals surface area contributed by atoms with E-state index in [-0.39, 0.29) is 22.2 Å². The first kappa shape index (κ1) is 20.7. The highest BCUT2D eigenvalue weighted by Gasteiger charge is 2.30. The van der Waals surface area contributed by atoms with Crippen molar-refractivity contribution in [3.8, 4) is 5.69 Å². The van der Waals surface area contributed by atoms with Crippen LogP contribution in [0, 0.1) is 11.3 Å². The monoisotopic (exact) mass is 402 g/mol. The number of hydrogen-bond acceptors (Lipinski definition) is 5. The Balaban J connectivity index is 1.71. The van der Waals surface area contributed by atoms with Gasteiger partial charge in [-0.1, -0.05) is 55.2 Å². The smallest absolute Gasteiger partial charge is 0.220 e. The van der Waals surface area contributed by atoms with E-state index in [1.54, 1.807) is 12.1 Å². The van der Waals surface area contributed by atoms with E-state index < -0.39 is 9.84 Å². The van der Waals surface area contributed by atoms with Crippen molar-refractivity contribution in [1.82, 2.24) is 20.2 Å². The van der Waals surface area contributed by atoms with Crippen molar-refractivity contribution in [2.75, 3.05) is 5.75 Å². The Labute approximate surface area is 168 Å². The minimum atomic E-state index is -3.58. The molecule has 6 nitrogen and oxygen atoms in total. The quantitative estimate of drug-likeness (QED) is 0.642. The summed E-state index contributed by atoms with van der Waals surface area (Å²) in [6, 6.07) is 9.11. The van der Waals surface area contributed by atoms with Gasteiger partial charge in [0.05, 0.1) is 11.4 Å². The zero-order valence-corrected chi connectivity index (χ0v) is 18.0. The number of nitrogens with zero attached hydrogens (tertiary/aromatic N) is 4. The first-order valence-electron chi connectivity index (χ1n) is 9.96. The Hall–Kier alpha value is -2.02. The van der Waals surface area contributed by atoms with E-state index in [1.807, 2.05) is 25.1 Å². The maximum atomic E-state index is 13.0. The first-order valence-corrected chi connectivity index (χ1v) is 11.6. The molecule has 0 radical (unpaired) electrons. The normalized spacial score (nSPS) is 18.3. The summed E-state index contributed by atoms with van der Waals surface area (Å²) < 4.78 is 27.2. The summed E-state index contributed by atoms with van der Waals surface area (Å²) in [6.45, 7) is 8.84. The number of rotatable bonds is 7. The van der Waals surface area contributed by atoms with Crippen LogP contribution in [0.4, 0.5) is 0 Å². The molecule has 0 fully saturated rings.